The second-order valence-electron chi connectivity index (χ2n) is 4.68. The fourth-order valence-electron chi connectivity index (χ4n) is 1.99. The first-order chi connectivity index (χ1) is 11.0. The van der Waals surface area contributed by atoms with Crippen molar-refractivity contribution in [2.24, 2.45) is 0 Å². The second kappa shape index (κ2) is 6.88. The lowest BCUT2D eigenvalue weighted by atomic mass is 10.2. The number of nitrogens with zero attached hydrogens (tertiary/aromatic N) is 3. The van der Waals surface area contributed by atoms with Gasteiger partial charge in [0.05, 0.1) is 15.4 Å². The summed E-state index contributed by atoms with van der Waals surface area (Å²) < 4.78 is 6.23. The molecule has 0 fully saturated rings. The summed E-state index contributed by atoms with van der Waals surface area (Å²) in [4.78, 5) is 13.1. The predicted molar refractivity (Wildman–Crippen MR) is 99.2 cm³/mol. The van der Waals surface area contributed by atoms with Crippen molar-refractivity contribution in [3.63, 3.8) is 0 Å². The lowest BCUT2D eigenvalue weighted by Gasteiger charge is -2.11. The molecule has 3 aromatic rings. The highest BCUT2D eigenvalue weighted by Gasteiger charge is 2.17. The molecule has 3 aromatic heterocycles. The maximum atomic E-state index is 6.21. The maximum absolute atomic E-state index is 6.21. The van der Waals surface area contributed by atoms with Gasteiger partial charge in [-0.3, -0.25) is 0 Å². The van der Waals surface area contributed by atoms with Crippen molar-refractivity contribution >= 4 is 67.8 Å². The minimum Gasteiger partial charge on any atom is -0.460 e. The molecule has 0 spiro atoms. The molecule has 0 aliphatic heterocycles. The van der Waals surface area contributed by atoms with E-state index in [0.717, 1.165) is 20.6 Å². The number of nitrogens with two attached hydrogens (primary N) is 1. The van der Waals surface area contributed by atoms with Crippen LogP contribution >= 0.6 is 51.1 Å². The number of furan rings is 1. The molecule has 1 unspecified atom stereocenters. The predicted octanol–water partition coefficient (Wildman–Crippen LogP) is 5.19. The van der Waals surface area contributed by atoms with Crippen molar-refractivity contribution in [1.82, 2.24) is 15.0 Å². The van der Waals surface area contributed by atoms with Crippen LogP contribution in [0.1, 0.15) is 17.9 Å². The molecule has 0 aromatic carbocycles. The second-order valence-corrected chi connectivity index (χ2v) is 8.02. The van der Waals surface area contributed by atoms with Crippen LogP contribution in [0.25, 0.3) is 11.0 Å². The monoisotopic (exact) mass is 430 g/mol. The first-order valence-electron chi connectivity index (χ1n) is 6.56. The van der Waals surface area contributed by atoms with Crippen LogP contribution in [0.2, 0.25) is 5.15 Å². The van der Waals surface area contributed by atoms with Crippen molar-refractivity contribution in [3.8, 4) is 0 Å². The summed E-state index contributed by atoms with van der Waals surface area (Å²) in [7, 11) is 0. The number of pyridine rings is 1. The summed E-state index contributed by atoms with van der Waals surface area (Å²) in [6.07, 6.45) is 3.55. The molecule has 1 atom stereocenters. The summed E-state index contributed by atoms with van der Waals surface area (Å²) in [5.41, 5.74) is 7.22. The van der Waals surface area contributed by atoms with Gasteiger partial charge in [-0.05, 0) is 35.2 Å². The number of halogens is 2. The Balaban J connectivity index is 1.93. The molecule has 120 valence electrons. The Morgan fingerprint density at radius 3 is 2.83 bits per heavy atom. The van der Waals surface area contributed by atoms with Crippen LogP contribution in [0.3, 0.4) is 0 Å². The highest BCUT2D eigenvalue weighted by Crippen LogP contribution is 2.37. The van der Waals surface area contributed by atoms with Crippen LogP contribution < -0.4 is 5.73 Å². The Bertz CT molecular complexity index is 873. The Hall–Kier alpha value is -0.960. The highest BCUT2D eigenvalue weighted by molar-refractivity contribution is 9.10. The van der Waals surface area contributed by atoms with Gasteiger partial charge >= 0.3 is 0 Å². The molecule has 0 bridgehead atoms. The number of fused-ring (bicyclic) bond motifs is 1. The smallest absolute Gasteiger partial charge is 0.191 e. The summed E-state index contributed by atoms with van der Waals surface area (Å²) in [6.45, 7) is 2.02. The van der Waals surface area contributed by atoms with Crippen molar-refractivity contribution < 1.29 is 4.42 Å². The number of nitrogen functional groups attached to an aromatic ring is 1. The number of hydrogen-bond acceptors (Lipinski definition) is 7. The lowest BCUT2D eigenvalue weighted by Crippen LogP contribution is -1.99. The van der Waals surface area contributed by atoms with Gasteiger partial charge in [0.2, 0.25) is 0 Å². The zero-order chi connectivity index (χ0) is 16.6. The summed E-state index contributed by atoms with van der Waals surface area (Å²) in [6, 6.07) is 3.71. The van der Waals surface area contributed by atoms with E-state index in [9.17, 15) is 0 Å². The van der Waals surface area contributed by atoms with E-state index in [1.165, 1.54) is 23.5 Å². The van der Waals surface area contributed by atoms with Gasteiger partial charge in [0, 0.05) is 11.5 Å². The first kappa shape index (κ1) is 16.9. The van der Waals surface area contributed by atoms with Crippen LogP contribution in [0.15, 0.2) is 37.5 Å². The van der Waals surface area contributed by atoms with Crippen LogP contribution in [0.5, 0.6) is 0 Å². The molecule has 0 aliphatic rings. The van der Waals surface area contributed by atoms with Crippen LogP contribution in [0.4, 0.5) is 5.82 Å². The largest absolute Gasteiger partial charge is 0.460 e. The molecule has 3 rings (SSSR count). The minimum atomic E-state index is 0.00945. The van der Waals surface area contributed by atoms with Crippen LogP contribution in [-0.2, 0) is 0 Å². The topological polar surface area (TPSA) is 77.8 Å². The van der Waals surface area contributed by atoms with Crippen molar-refractivity contribution in [3.05, 3.63) is 33.7 Å². The van der Waals surface area contributed by atoms with Crippen molar-refractivity contribution in [2.75, 3.05) is 12.0 Å². The van der Waals surface area contributed by atoms with E-state index in [1.807, 2.05) is 19.2 Å². The van der Waals surface area contributed by atoms with E-state index in [0.29, 0.717) is 21.7 Å². The van der Waals surface area contributed by atoms with Gasteiger partial charge in [-0.25, -0.2) is 15.0 Å². The fraction of sp³-hybridized carbons (Fsp3) is 0.214. The quantitative estimate of drug-likeness (QED) is 0.263. The summed E-state index contributed by atoms with van der Waals surface area (Å²) >= 11 is 12.7. The molecule has 0 aliphatic carbocycles. The van der Waals surface area contributed by atoms with Crippen LogP contribution in [0, 0.1) is 0 Å². The van der Waals surface area contributed by atoms with Gasteiger partial charge in [-0.2, -0.15) is 0 Å². The zero-order valence-electron chi connectivity index (χ0n) is 12.2. The number of hydrogen-bond donors (Lipinski definition) is 1. The third-order valence-electron chi connectivity index (χ3n) is 3.10. The maximum Gasteiger partial charge on any atom is 0.191 e. The number of rotatable bonds is 4. The number of anilines is 1. The summed E-state index contributed by atoms with van der Waals surface area (Å²) in [5, 5.41) is 2.70. The zero-order valence-corrected chi connectivity index (χ0v) is 16.2. The van der Waals surface area contributed by atoms with Crippen LogP contribution in [-0.4, -0.2) is 21.2 Å². The van der Waals surface area contributed by atoms with E-state index in [1.54, 1.807) is 12.3 Å². The Morgan fingerprint density at radius 2 is 2.09 bits per heavy atom. The van der Waals surface area contributed by atoms with E-state index in [2.05, 4.69) is 30.9 Å². The molecular weight excluding hydrogens is 420 g/mol. The molecule has 23 heavy (non-hydrogen) atoms. The molecule has 2 N–H and O–H groups in total. The SMILES string of the molecule is CSc1cc(N)nc(SC(C)c2cc3c(Br)coc3c(Cl)n2)n1. The van der Waals surface area contributed by atoms with E-state index in [4.69, 9.17) is 21.8 Å². The molecular formula is C14H12BrClN4OS2. The number of thioether (sulfide) groups is 2. The van der Waals surface area contributed by atoms with Crippen molar-refractivity contribution in [1.29, 1.82) is 0 Å². The molecule has 0 amide bonds. The van der Waals surface area contributed by atoms with E-state index in [-0.39, 0.29) is 5.25 Å². The van der Waals surface area contributed by atoms with E-state index < -0.39 is 0 Å². The number of aromatic nitrogens is 3. The molecule has 0 radical (unpaired) electrons. The third kappa shape index (κ3) is 3.60. The Labute approximate surface area is 154 Å². The lowest BCUT2D eigenvalue weighted by molar-refractivity contribution is 0.612. The van der Waals surface area contributed by atoms with Gasteiger partial charge in [-0.1, -0.05) is 23.4 Å². The Kier molecular flexibility index (Phi) is 5.05. The molecule has 0 saturated carbocycles. The van der Waals surface area contributed by atoms with Gasteiger partial charge in [0.1, 0.15) is 17.1 Å². The first-order valence-corrected chi connectivity index (χ1v) is 9.84. The van der Waals surface area contributed by atoms with Gasteiger partial charge in [0.15, 0.2) is 15.9 Å². The minimum absolute atomic E-state index is 0.00945. The average Bonchev–Trinajstić information content (AvgIpc) is 2.88. The summed E-state index contributed by atoms with van der Waals surface area (Å²) in [5.74, 6) is 0.457. The highest BCUT2D eigenvalue weighted by atomic mass is 79.9. The molecule has 9 heteroatoms. The van der Waals surface area contributed by atoms with E-state index >= 15 is 0 Å². The standard InChI is InChI=1S/C14H12BrClN4OS2/c1-6(23-14-19-10(17)4-11(20-14)22-2)9-3-7-8(15)5-21-12(7)13(16)18-9/h3-6H,1-2H3,(H2,17,19,20). The molecule has 3 heterocycles. The molecule has 0 saturated heterocycles. The fourth-order valence-corrected chi connectivity index (χ4v) is 3.96. The Morgan fingerprint density at radius 1 is 1.30 bits per heavy atom. The average molecular weight is 432 g/mol. The normalized spacial score (nSPS) is 12.7. The molecule has 5 nitrogen and oxygen atoms in total. The van der Waals surface area contributed by atoms with Crippen molar-refractivity contribution in [2.45, 2.75) is 22.4 Å². The van der Waals surface area contributed by atoms with Gasteiger partial charge < -0.3 is 10.2 Å². The van der Waals surface area contributed by atoms with Gasteiger partial charge in [0.25, 0.3) is 0 Å². The third-order valence-corrected chi connectivity index (χ3v) is 5.58. The van der Waals surface area contributed by atoms with Gasteiger partial charge in [-0.15, -0.1) is 11.8 Å².